The minimum Gasteiger partial charge on any atom is -0.331 e. The van der Waals surface area contributed by atoms with Crippen LogP contribution in [0, 0.1) is 11.7 Å². The highest BCUT2D eigenvalue weighted by atomic mass is 19.1. The number of halogens is 1. The summed E-state index contributed by atoms with van der Waals surface area (Å²) in [5, 5.41) is 4.20. The lowest BCUT2D eigenvalue weighted by Gasteiger charge is -2.15. The lowest BCUT2D eigenvalue weighted by Crippen LogP contribution is -2.19. The second-order valence-corrected chi connectivity index (χ2v) is 10.4. The first-order chi connectivity index (χ1) is 18.1. The highest BCUT2D eigenvalue weighted by Gasteiger charge is 2.22. The number of aromatic nitrogens is 8. The molecule has 4 heterocycles. The Morgan fingerprint density at radius 2 is 1.76 bits per heavy atom. The topological polar surface area (TPSA) is 80.4 Å². The van der Waals surface area contributed by atoms with E-state index in [0.29, 0.717) is 33.9 Å². The van der Waals surface area contributed by atoms with Crippen LogP contribution in [0.3, 0.4) is 0 Å². The summed E-state index contributed by atoms with van der Waals surface area (Å²) in [6, 6.07) is 7.37. The summed E-state index contributed by atoms with van der Waals surface area (Å²) in [4.78, 5) is 22.2. The first-order valence-corrected chi connectivity index (χ1v) is 12.5. The predicted octanol–water partition coefficient (Wildman–Crippen LogP) is 4.35. The molecule has 0 unspecified atom stereocenters. The van der Waals surface area contributed by atoms with Crippen LogP contribution >= 0.6 is 0 Å². The number of hydrogen-bond acceptors (Lipinski definition) is 4. The van der Waals surface area contributed by atoms with Crippen LogP contribution < -0.4 is 5.69 Å². The molecule has 0 aliphatic heterocycles. The smallest absolute Gasteiger partial charge is 0.328 e. The molecule has 0 N–H and O–H groups in total. The maximum Gasteiger partial charge on any atom is 0.328 e. The van der Waals surface area contributed by atoms with E-state index in [9.17, 15) is 4.79 Å². The van der Waals surface area contributed by atoms with Gasteiger partial charge in [-0.2, -0.15) is 5.10 Å². The molecule has 0 aliphatic rings. The van der Waals surface area contributed by atoms with Gasteiger partial charge >= 0.3 is 5.69 Å². The monoisotopic (exact) mass is 512 g/mol. The van der Waals surface area contributed by atoms with Gasteiger partial charge in [-0.1, -0.05) is 13.8 Å². The molecule has 0 radical (unpaired) electrons. The van der Waals surface area contributed by atoms with Gasteiger partial charge in [0, 0.05) is 51.6 Å². The average Bonchev–Trinajstić information content (AvgIpc) is 3.62. The van der Waals surface area contributed by atoms with Crippen molar-refractivity contribution in [1.82, 2.24) is 38.0 Å². The Bertz CT molecular complexity index is 1910. The third-order valence-electron chi connectivity index (χ3n) is 7.12. The van der Waals surface area contributed by atoms with E-state index in [4.69, 9.17) is 4.98 Å². The number of benzene rings is 2. The van der Waals surface area contributed by atoms with Crippen LogP contribution in [0.25, 0.3) is 50.4 Å². The molecule has 4 aromatic heterocycles. The van der Waals surface area contributed by atoms with Crippen molar-refractivity contribution in [2.45, 2.75) is 20.3 Å². The predicted molar refractivity (Wildman–Crippen MR) is 146 cm³/mol. The highest BCUT2D eigenvalue weighted by molar-refractivity contribution is 5.89. The zero-order valence-electron chi connectivity index (χ0n) is 22.3. The van der Waals surface area contributed by atoms with Gasteiger partial charge in [0.05, 0.1) is 46.5 Å². The Morgan fingerprint density at radius 1 is 0.974 bits per heavy atom. The summed E-state index contributed by atoms with van der Waals surface area (Å²) in [5.74, 6) is 0.650. The second kappa shape index (κ2) is 8.54. The van der Waals surface area contributed by atoms with Crippen molar-refractivity contribution in [2.75, 3.05) is 0 Å². The fourth-order valence-electron chi connectivity index (χ4n) is 5.34. The molecule has 0 saturated carbocycles. The van der Waals surface area contributed by atoms with Gasteiger partial charge in [0.25, 0.3) is 0 Å². The standard InChI is InChI=1S/C28H29FN8O/c1-16(2)7-17-8-19(9-24-26(17)36(6)28(38)35(24)5)37-23-11-21(29)20(18-12-31-34(4)14-18)10-22(23)32-27(37)25-13-30-15-33(25)3/h8-16H,7H2,1-6H3. The molecule has 0 amide bonds. The quantitative estimate of drug-likeness (QED) is 0.344. The minimum atomic E-state index is -0.362. The molecule has 2 aromatic carbocycles. The molecule has 194 valence electrons. The van der Waals surface area contributed by atoms with Gasteiger partial charge in [-0.05, 0) is 36.1 Å². The molecule has 0 aliphatic carbocycles. The second-order valence-electron chi connectivity index (χ2n) is 10.4. The van der Waals surface area contributed by atoms with Gasteiger partial charge in [-0.15, -0.1) is 0 Å². The van der Waals surface area contributed by atoms with Crippen LogP contribution in [0.4, 0.5) is 4.39 Å². The molecule has 9 nitrogen and oxygen atoms in total. The number of aryl methyl sites for hydroxylation is 4. The summed E-state index contributed by atoms with van der Waals surface area (Å²) in [7, 11) is 7.29. The first kappa shape index (κ1) is 23.9. The number of fused-ring (bicyclic) bond motifs is 2. The molecular weight excluding hydrogens is 483 g/mol. The Kier molecular flexibility index (Phi) is 5.37. The van der Waals surface area contributed by atoms with Crippen molar-refractivity contribution in [3.05, 3.63) is 71.0 Å². The third kappa shape index (κ3) is 3.59. The molecule has 0 saturated heterocycles. The summed E-state index contributed by atoms with van der Waals surface area (Å²) < 4.78 is 24.5. The van der Waals surface area contributed by atoms with Gasteiger partial charge in [0.1, 0.15) is 11.5 Å². The Labute approximate surface area is 218 Å². The molecule has 0 spiro atoms. The van der Waals surface area contributed by atoms with Crippen LogP contribution in [-0.4, -0.2) is 38.0 Å². The molecule has 38 heavy (non-hydrogen) atoms. The van der Waals surface area contributed by atoms with E-state index in [0.717, 1.165) is 34.4 Å². The van der Waals surface area contributed by atoms with Crippen molar-refractivity contribution >= 4 is 22.1 Å². The average molecular weight is 513 g/mol. The van der Waals surface area contributed by atoms with Gasteiger partial charge in [-0.3, -0.25) is 18.4 Å². The van der Waals surface area contributed by atoms with Crippen molar-refractivity contribution in [1.29, 1.82) is 0 Å². The molecule has 0 bridgehead atoms. The summed E-state index contributed by atoms with van der Waals surface area (Å²) in [6.07, 6.45) is 7.68. The molecule has 0 atom stereocenters. The zero-order chi connectivity index (χ0) is 26.9. The van der Waals surface area contributed by atoms with E-state index in [1.165, 1.54) is 6.07 Å². The summed E-state index contributed by atoms with van der Waals surface area (Å²) >= 11 is 0. The first-order valence-electron chi connectivity index (χ1n) is 12.5. The fourth-order valence-corrected chi connectivity index (χ4v) is 5.34. The van der Waals surface area contributed by atoms with E-state index in [1.54, 1.807) is 65.9 Å². The van der Waals surface area contributed by atoms with E-state index < -0.39 is 0 Å². The van der Waals surface area contributed by atoms with Gasteiger partial charge < -0.3 is 4.57 Å². The lowest BCUT2D eigenvalue weighted by molar-refractivity contribution is 0.632. The molecular formula is C28H29FN8O. The maximum atomic E-state index is 15.6. The Hall–Kier alpha value is -4.47. The minimum absolute atomic E-state index is 0.0864. The zero-order valence-corrected chi connectivity index (χ0v) is 22.3. The van der Waals surface area contributed by atoms with Crippen LogP contribution in [-0.2, 0) is 34.6 Å². The van der Waals surface area contributed by atoms with Crippen molar-refractivity contribution in [2.24, 2.45) is 34.1 Å². The number of nitrogens with zero attached hydrogens (tertiary/aromatic N) is 8. The number of imidazole rings is 3. The molecule has 6 rings (SSSR count). The van der Waals surface area contributed by atoms with Gasteiger partial charge in [-0.25, -0.2) is 19.2 Å². The van der Waals surface area contributed by atoms with Gasteiger partial charge in [0.2, 0.25) is 0 Å². The Balaban J connectivity index is 1.70. The highest BCUT2D eigenvalue weighted by Crippen LogP contribution is 2.35. The largest absolute Gasteiger partial charge is 0.331 e. The van der Waals surface area contributed by atoms with Crippen molar-refractivity contribution in [3.8, 4) is 28.3 Å². The Morgan fingerprint density at radius 3 is 2.42 bits per heavy atom. The molecule has 10 heteroatoms. The maximum absolute atomic E-state index is 15.6. The van der Waals surface area contributed by atoms with Crippen LogP contribution in [0.5, 0.6) is 0 Å². The summed E-state index contributed by atoms with van der Waals surface area (Å²) in [5.41, 5.74) is 6.68. The summed E-state index contributed by atoms with van der Waals surface area (Å²) in [6.45, 7) is 4.31. The molecule has 6 aromatic rings. The SMILES string of the molecule is CC(C)Cc1cc(-n2c(-c3cncn3C)nc3cc(-c4cnn(C)c4)c(F)cc32)cc2c1n(C)c(=O)n2C. The number of rotatable bonds is 5. The van der Waals surface area contributed by atoms with E-state index in [-0.39, 0.29) is 11.5 Å². The third-order valence-corrected chi connectivity index (χ3v) is 7.12. The molecule has 0 fully saturated rings. The van der Waals surface area contributed by atoms with Crippen molar-refractivity contribution < 1.29 is 4.39 Å². The normalized spacial score (nSPS) is 12.0. The van der Waals surface area contributed by atoms with Crippen LogP contribution in [0.15, 0.2) is 54.0 Å². The fraction of sp³-hybridized carbons (Fsp3) is 0.286. The van der Waals surface area contributed by atoms with Gasteiger partial charge in [0.15, 0.2) is 5.82 Å². The van der Waals surface area contributed by atoms with Crippen LogP contribution in [0.2, 0.25) is 0 Å². The van der Waals surface area contributed by atoms with E-state index >= 15 is 4.39 Å². The lowest BCUT2D eigenvalue weighted by atomic mass is 10.0. The van der Waals surface area contributed by atoms with Crippen LogP contribution in [0.1, 0.15) is 19.4 Å². The number of hydrogen-bond donors (Lipinski definition) is 0. The van der Waals surface area contributed by atoms with E-state index in [2.05, 4.69) is 30.0 Å². The van der Waals surface area contributed by atoms with E-state index in [1.807, 2.05) is 22.2 Å². The van der Waals surface area contributed by atoms with Crippen molar-refractivity contribution in [3.63, 3.8) is 0 Å².